The van der Waals surface area contributed by atoms with E-state index in [4.69, 9.17) is 10.2 Å². The first-order valence-electron chi connectivity index (χ1n) is 11.2. The van der Waals surface area contributed by atoms with Gasteiger partial charge in [-0.3, -0.25) is 9.59 Å². The van der Waals surface area contributed by atoms with Gasteiger partial charge in [-0.2, -0.15) is 18.3 Å². The summed E-state index contributed by atoms with van der Waals surface area (Å²) < 4.78 is 46.7. The van der Waals surface area contributed by atoms with Gasteiger partial charge in [-0.1, -0.05) is 30.3 Å². The predicted octanol–water partition coefficient (Wildman–Crippen LogP) is 3.44. The number of amides is 2. The number of aromatic nitrogens is 3. The topological polar surface area (TPSA) is 128 Å². The van der Waals surface area contributed by atoms with Gasteiger partial charge < -0.3 is 20.8 Å². The molecule has 0 aliphatic rings. The number of halogens is 3. The van der Waals surface area contributed by atoms with Crippen molar-refractivity contribution in [3.63, 3.8) is 0 Å². The molecular formula is C25H23F3N6O3. The normalized spacial score (nSPS) is 12.2. The van der Waals surface area contributed by atoms with E-state index in [2.05, 4.69) is 20.7 Å². The molecule has 4 aromatic rings. The third kappa shape index (κ3) is 6.22. The van der Waals surface area contributed by atoms with E-state index in [1.807, 2.05) is 30.3 Å². The van der Waals surface area contributed by atoms with Gasteiger partial charge in [0.1, 0.15) is 12.0 Å². The average Bonchev–Trinajstić information content (AvgIpc) is 3.54. The molecule has 2 aromatic heterocycles. The number of hydrogen-bond donors (Lipinski definition) is 3. The third-order valence-corrected chi connectivity index (χ3v) is 5.27. The summed E-state index contributed by atoms with van der Waals surface area (Å²) in [6.45, 7) is 1.55. The van der Waals surface area contributed by atoms with Gasteiger partial charge in [-0.25, -0.2) is 9.67 Å². The Hall–Kier alpha value is -4.45. The first kappa shape index (κ1) is 25.6. The van der Waals surface area contributed by atoms with Crippen molar-refractivity contribution in [1.29, 1.82) is 0 Å². The zero-order chi connectivity index (χ0) is 26.6. The molecule has 4 N–H and O–H groups in total. The number of nitrogens with zero attached hydrogens (tertiary/aromatic N) is 3. The second-order valence-electron chi connectivity index (χ2n) is 8.19. The number of oxazole rings is 1. The van der Waals surface area contributed by atoms with Crippen LogP contribution in [0.25, 0.3) is 17.1 Å². The largest absolute Gasteiger partial charge is 0.444 e. The second-order valence-corrected chi connectivity index (χ2v) is 8.19. The number of rotatable bonds is 8. The molecule has 2 amide bonds. The van der Waals surface area contributed by atoms with Crippen LogP contribution < -0.4 is 16.4 Å². The van der Waals surface area contributed by atoms with Crippen LogP contribution in [0.3, 0.4) is 0 Å². The van der Waals surface area contributed by atoms with E-state index in [-0.39, 0.29) is 30.4 Å². The molecule has 0 spiro atoms. The number of carbonyl (C=O) groups excluding carboxylic acids is 2. The molecule has 12 heteroatoms. The molecule has 37 heavy (non-hydrogen) atoms. The first-order chi connectivity index (χ1) is 17.6. The van der Waals surface area contributed by atoms with Crippen LogP contribution in [0, 0.1) is 0 Å². The van der Waals surface area contributed by atoms with Crippen LogP contribution in [-0.4, -0.2) is 32.6 Å². The summed E-state index contributed by atoms with van der Waals surface area (Å²) in [4.78, 5) is 29.0. The van der Waals surface area contributed by atoms with Crippen LogP contribution in [0.4, 0.5) is 13.2 Å². The third-order valence-electron chi connectivity index (χ3n) is 5.27. The van der Waals surface area contributed by atoms with Crippen molar-refractivity contribution in [3.05, 3.63) is 89.6 Å². The Kier molecular flexibility index (Phi) is 7.39. The fourth-order valence-corrected chi connectivity index (χ4v) is 3.39. The van der Waals surface area contributed by atoms with Crippen LogP contribution in [0.15, 0.2) is 71.3 Å². The molecular weight excluding hydrogens is 489 g/mol. The van der Waals surface area contributed by atoms with Gasteiger partial charge >= 0.3 is 6.18 Å². The summed E-state index contributed by atoms with van der Waals surface area (Å²) in [6.07, 6.45) is -3.40. The number of nitrogens with one attached hydrogen (secondary N) is 2. The average molecular weight is 512 g/mol. The molecule has 0 saturated heterocycles. The maximum atomic E-state index is 13.5. The van der Waals surface area contributed by atoms with Crippen molar-refractivity contribution in [1.82, 2.24) is 25.4 Å². The van der Waals surface area contributed by atoms with Crippen molar-refractivity contribution in [3.8, 4) is 17.1 Å². The fraction of sp³-hybridized carbons (Fsp3) is 0.200. The summed E-state index contributed by atoms with van der Waals surface area (Å²) in [5, 5.41) is 8.81. The SMILES string of the molecule is C[C@H](N)C(=O)NCc1cccc(-n2nc(C(F)(F)F)cc2C(=O)NCc2coc(-c3ccccc3)n2)c1. The molecule has 2 aromatic carbocycles. The Morgan fingerprint density at radius 1 is 1.05 bits per heavy atom. The molecule has 0 saturated carbocycles. The molecule has 1 atom stereocenters. The standard InChI is InChI=1S/C25H23F3N6O3/c1-15(29)22(35)30-12-16-6-5-9-19(10-16)34-20(11-21(33-34)25(26,27)28)23(36)31-13-18-14-37-24(32-18)17-7-3-2-4-8-17/h2-11,14-15H,12-13,29H2,1H3,(H,30,35)(H,31,36)/t15-/m0/s1. The lowest BCUT2D eigenvalue weighted by atomic mass is 10.2. The lowest BCUT2D eigenvalue weighted by Crippen LogP contribution is -2.37. The minimum Gasteiger partial charge on any atom is -0.444 e. The van der Waals surface area contributed by atoms with Gasteiger partial charge in [0.15, 0.2) is 5.69 Å². The minimum atomic E-state index is -4.76. The number of alkyl halides is 3. The first-order valence-corrected chi connectivity index (χ1v) is 11.2. The molecule has 2 heterocycles. The van der Waals surface area contributed by atoms with Crippen molar-refractivity contribution >= 4 is 11.8 Å². The quantitative estimate of drug-likeness (QED) is 0.332. The van der Waals surface area contributed by atoms with E-state index in [1.165, 1.54) is 25.3 Å². The monoisotopic (exact) mass is 512 g/mol. The van der Waals surface area contributed by atoms with E-state index in [0.717, 1.165) is 10.2 Å². The van der Waals surface area contributed by atoms with E-state index >= 15 is 0 Å². The summed E-state index contributed by atoms with van der Waals surface area (Å²) in [5.41, 5.74) is 5.91. The molecule has 0 aliphatic heterocycles. The smallest absolute Gasteiger partial charge is 0.435 e. The maximum absolute atomic E-state index is 13.5. The van der Waals surface area contributed by atoms with Gasteiger partial charge in [0.05, 0.1) is 24.0 Å². The van der Waals surface area contributed by atoms with E-state index in [0.29, 0.717) is 23.2 Å². The molecule has 0 fully saturated rings. The Balaban J connectivity index is 1.55. The van der Waals surface area contributed by atoms with E-state index in [9.17, 15) is 22.8 Å². The lowest BCUT2D eigenvalue weighted by molar-refractivity contribution is -0.141. The van der Waals surface area contributed by atoms with Crippen molar-refractivity contribution < 1.29 is 27.2 Å². The van der Waals surface area contributed by atoms with Gasteiger partial charge in [-0.05, 0) is 36.8 Å². The molecule has 0 bridgehead atoms. The molecule has 9 nitrogen and oxygen atoms in total. The second kappa shape index (κ2) is 10.7. The molecule has 4 rings (SSSR count). The number of hydrogen-bond acceptors (Lipinski definition) is 6. The van der Waals surface area contributed by atoms with Crippen LogP contribution in [0.1, 0.15) is 34.4 Å². The van der Waals surface area contributed by atoms with Gasteiger partial charge in [0.25, 0.3) is 5.91 Å². The number of carbonyl (C=O) groups is 2. The molecule has 192 valence electrons. The Morgan fingerprint density at radius 3 is 2.51 bits per heavy atom. The number of benzene rings is 2. The van der Waals surface area contributed by atoms with Crippen LogP contribution >= 0.6 is 0 Å². The van der Waals surface area contributed by atoms with Crippen LogP contribution in [0.5, 0.6) is 0 Å². The Bertz CT molecular complexity index is 1400. The predicted molar refractivity (Wildman–Crippen MR) is 127 cm³/mol. The zero-order valence-corrected chi connectivity index (χ0v) is 19.6. The summed E-state index contributed by atoms with van der Waals surface area (Å²) in [6, 6.07) is 15.4. The summed E-state index contributed by atoms with van der Waals surface area (Å²) in [7, 11) is 0. The van der Waals surface area contributed by atoms with E-state index in [1.54, 1.807) is 12.1 Å². The molecule has 0 radical (unpaired) electrons. The van der Waals surface area contributed by atoms with Crippen molar-refractivity contribution in [2.24, 2.45) is 5.73 Å². The van der Waals surface area contributed by atoms with Gasteiger partial charge in [0.2, 0.25) is 11.8 Å². The lowest BCUT2D eigenvalue weighted by Gasteiger charge is -2.11. The van der Waals surface area contributed by atoms with Crippen molar-refractivity contribution in [2.75, 3.05) is 0 Å². The Morgan fingerprint density at radius 2 is 1.81 bits per heavy atom. The minimum absolute atomic E-state index is 0.0783. The summed E-state index contributed by atoms with van der Waals surface area (Å²) >= 11 is 0. The van der Waals surface area contributed by atoms with Crippen LogP contribution in [-0.2, 0) is 24.1 Å². The maximum Gasteiger partial charge on any atom is 0.435 e. The molecule has 0 aliphatic carbocycles. The van der Waals surface area contributed by atoms with Gasteiger partial charge in [0, 0.05) is 18.2 Å². The highest BCUT2D eigenvalue weighted by atomic mass is 19.4. The zero-order valence-electron chi connectivity index (χ0n) is 19.6. The highest BCUT2D eigenvalue weighted by molar-refractivity contribution is 5.93. The van der Waals surface area contributed by atoms with Crippen LogP contribution in [0.2, 0.25) is 0 Å². The Labute approximate surface area is 209 Å². The fourth-order valence-electron chi connectivity index (χ4n) is 3.39. The molecule has 0 unspecified atom stereocenters. The highest BCUT2D eigenvalue weighted by Crippen LogP contribution is 2.30. The number of nitrogens with two attached hydrogens (primary N) is 1. The van der Waals surface area contributed by atoms with Gasteiger partial charge in [-0.15, -0.1) is 0 Å². The summed E-state index contributed by atoms with van der Waals surface area (Å²) in [5.74, 6) is -0.822. The highest BCUT2D eigenvalue weighted by Gasteiger charge is 2.36. The van der Waals surface area contributed by atoms with Crippen molar-refractivity contribution in [2.45, 2.75) is 32.2 Å². The van der Waals surface area contributed by atoms with E-state index < -0.39 is 23.8 Å².